The summed E-state index contributed by atoms with van der Waals surface area (Å²) in [6, 6.07) is 3.62. The third-order valence-corrected chi connectivity index (χ3v) is 6.09. The molecule has 18 heavy (non-hydrogen) atoms. The number of benzene rings is 1. The molecule has 2 rings (SSSR count). The zero-order valence-electron chi connectivity index (χ0n) is 10.2. The largest absolute Gasteiger partial charge is 0.326 e. The Hall–Kier alpha value is -0.430. The van der Waals surface area contributed by atoms with E-state index in [-0.39, 0.29) is 10.9 Å². The molecule has 1 saturated carbocycles. The monoisotopic (exact) mass is 332 g/mol. The van der Waals surface area contributed by atoms with E-state index in [1.54, 1.807) is 6.07 Å². The molecule has 0 aromatic heterocycles. The summed E-state index contributed by atoms with van der Waals surface area (Å²) in [5.74, 6) is 0. The van der Waals surface area contributed by atoms with Gasteiger partial charge in [-0.15, -0.1) is 0 Å². The van der Waals surface area contributed by atoms with Crippen LogP contribution in [0.2, 0.25) is 0 Å². The number of nitrogens with one attached hydrogen (secondary N) is 1. The van der Waals surface area contributed by atoms with Crippen molar-refractivity contribution in [2.45, 2.75) is 43.7 Å². The maximum Gasteiger partial charge on any atom is 0.241 e. The van der Waals surface area contributed by atoms with E-state index in [4.69, 9.17) is 5.73 Å². The Balaban J connectivity index is 2.39. The van der Waals surface area contributed by atoms with Crippen LogP contribution in [0.5, 0.6) is 0 Å². The van der Waals surface area contributed by atoms with Gasteiger partial charge in [-0.05, 0) is 52.9 Å². The first-order valence-electron chi connectivity index (χ1n) is 5.95. The predicted octanol–water partition coefficient (Wildman–Crippen LogP) is 2.05. The topological polar surface area (TPSA) is 72.2 Å². The Morgan fingerprint density at radius 2 is 2.11 bits per heavy atom. The van der Waals surface area contributed by atoms with Gasteiger partial charge >= 0.3 is 0 Å². The molecule has 1 aromatic rings. The number of sulfonamides is 1. The molecule has 0 bridgehead atoms. The molecule has 100 valence electrons. The molecular formula is C12H17BrN2O2S. The van der Waals surface area contributed by atoms with Crippen LogP contribution >= 0.6 is 15.9 Å². The fourth-order valence-corrected chi connectivity index (χ4v) is 4.30. The van der Waals surface area contributed by atoms with Crippen molar-refractivity contribution in [1.29, 1.82) is 0 Å². The summed E-state index contributed by atoms with van der Waals surface area (Å²) in [5.41, 5.74) is 7.29. The van der Waals surface area contributed by atoms with Crippen molar-refractivity contribution in [2.75, 3.05) is 0 Å². The summed E-state index contributed by atoms with van der Waals surface area (Å²) in [7, 11) is -3.46. The van der Waals surface area contributed by atoms with Gasteiger partial charge in [-0.25, -0.2) is 13.1 Å². The minimum absolute atomic E-state index is 0.0868. The van der Waals surface area contributed by atoms with Crippen LogP contribution in [0.25, 0.3) is 0 Å². The number of hydrogen-bond acceptors (Lipinski definition) is 3. The normalized spacial score (nSPS) is 16.6. The molecule has 0 spiro atoms. The quantitative estimate of drug-likeness (QED) is 0.886. The number of aryl methyl sites for hydroxylation is 1. The van der Waals surface area contributed by atoms with E-state index in [1.165, 1.54) is 0 Å². The zero-order valence-corrected chi connectivity index (χ0v) is 12.6. The first-order valence-corrected chi connectivity index (χ1v) is 8.23. The van der Waals surface area contributed by atoms with E-state index in [9.17, 15) is 8.42 Å². The van der Waals surface area contributed by atoms with Gasteiger partial charge in [0.15, 0.2) is 0 Å². The smallest absolute Gasteiger partial charge is 0.241 e. The van der Waals surface area contributed by atoms with Crippen molar-refractivity contribution in [1.82, 2.24) is 4.72 Å². The van der Waals surface area contributed by atoms with Crippen molar-refractivity contribution < 1.29 is 8.42 Å². The van der Waals surface area contributed by atoms with E-state index in [2.05, 4.69) is 20.7 Å². The Morgan fingerprint density at radius 1 is 1.44 bits per heavy atom. The summed E-state index contributed by atoms with van der Waals surface area (Å²) in [5, 5.41) is 0. The summed E-state index contributed by atoms with van der Waals surface area (Å²) in [4.78, 5) is 0.287. The second kappa shape index (κ2) is 5.28. The van der Waals surface area contributed by atoms with Crippen molar-refractivity contribution in [2.24, 2.45) is 5.73 Å². The Kier molecular flexibility index (Phi) is 4.11. The molecule has 0 saturated heterocycles. The van der Waals surface area contributed by atoms with Crippen LogP contribution in [0.15, 0.2) is 21.5 Å². The Labute approximate surface area is 116 Å². The fraction of sp³-hybridized carbons (Fsp3) is 0.500. The molecule has 0 unspecified atom stereocenters. The highest BCUT2D eigenvalue weighted by molar-refractivity contribution is 9.10. The van der Waals surface area contributed by atoms with Gasteiger partial charge in [0, 0.05) is 17.1 Å². The molecule has 0 amide bonds. The van der Waals surface area contributed by atoms with Crippen LogP contribution in [0.1, 0.15) is 30.4 Å². The van der Waals surface area contributed by atoms with Crippen LogP contribution < -0.4 is 10.5 Å². The fourth-order valence-electron chi connectivity index (χ4n) is 1.93. The van der Waals surface area contributed by atoms with Crippen molar-refractivity contribution in [3.05, 3.63) is 27.7 Å². The van der Waals surface area contributed by atoms with Crippen molar-refractivity contribution >= 4 is 26.0 Å². The van der Waals surface area contributed by atoms with Gasteiger partial charge in [-0.1, -0.05) is 12.5 Å². The molecule has 0 aliphatic heterocycles. The number of hydrogen-bond donors (Lipinski definition) is 2. The van der Waals surface area contributed by atoms with E-state index in [0.29, 0.717) is 11.0 Å². The van der Waals surface area contributed by atoms with Gasteiger partial charge in [0.2, 0.25) is 10.0 Å². The minimum atomic E-state index is -3.46. The van der Waals surface area contributed by atoms with E-state index < -0.39 is 10.0 Å². The molecule has 4 nitrogen and oxygen atoms in total. The highest BCUT2D eigenvalue weighted by Crippen LogP contribution is 2.29. The second-order valence-electron chi connectivity index (χ2n) is 4.68. The number of halogens is 1. The van der Waals surface area contributed by atoms with Gasteiger partial charge in [-0.3, -0.25) is 0 Å². The molecule has 0 heterocycles. The first kappa shape index (κ1) is 14.0. The molecular weight excluding hydrogens is 316 g/mol. The highest BCUT2D eigenvalue weighted by atomic mass is 79.9. The molecule has 1 aliphatic rings. The molecule has 1 aliphatic carbocycles. The predicted molar refractivity (Wildman–Crippen MR) is 74.7 cm³/mol. The van der Waals surface area contributed by atoms with Crippen LogP contribution in [0.4, 0.5) is 0 Å². The van der Waals surface area contributed by atoms with Gasteiger partial charge in [0.1, 0.15) is 0 Å². The van der Waals surface area contributed by atoms with Crippen LogP contribution in [0, 0.1) is 6.92 Å². The summed E-state index contributed by atoms with van der Waals surface area (Å²) in [6.07, 6.45) is 2.94. The van der Waals surface area contributed by atoms with Gasteiger partial charge in [0.25, 0.3) is 0 Å². The average molecular weight is 333 g/mol. The van der Waals surface area contributed by atoms with E-state index in [0.717, 1.165) is 30.4 Å². The SMILES string of the molecule is Cc1cc(CN)cc(S(=O)(=O)NC2CCC2)c1Br. The van der Waals surface area contributed by atoms with Crippen LogP contribution in [0.3, 0.4) is 0 Å². The van der Waals surface area contributed by atoms with Crippen LogP contribution in [-0.4, -0.2) is 14.5 Å². The van der Waals surface area contributed by atoms with Gasteiger partial charge in [-0.2, -0.15) is 0 Å². The van der Waals surface area contributed by atoms with Gasteiger partial charge < -0.3 is 5.73 Å². The molecule has 3 N–H and O–H groups in total. The summed E-state index contributed by atoms with van der Waals surface area (Å²) in [6.45, 7) is 2.20. The molecule has 1 fully saturated rings. The maximum atomic E-state index is 12.3. The Morgan fingerprint density at radius 3 is 2.61 bits per heavy atom. The summed E-state index contributed by atoms with van der Waals surface area (Å²) < 4.78 is 27.9. The van der Waals surface area contributed by atoms with Crippen molar-refractivity contribution in [3.8, 4) is 0 Å². The first-order chi connectivity index (χ1) is 8.44. The lowest BCUT2D eigenvalue weighted by Gasteiger charge is -2.26. The molecule has 6 heteroatoms. The lowest BCUT2D eigenvalue weighted by molar-refractivity contribution is 0.383. The van der Waals surface area contributed by atoms with Gasteiger partial charge in [0.05, 0.1) is 4.90 Å². The number of rotatable bonds is 4. The average Bonchev–Trinajstić information content (AvgIpc) is 2.27. The third kappa shape index (κ3) is 2.77. The highest BCUT2D eigenvalue weighted by Gasteiger charge is 2.26. The molecule has 0 atom stereocenters. The van der Waals surface area contributed by atoms with E-state index in [1.807, 2.05) is 13.0 Å². The second-order valence-corrected chi connectivity index (χ2v) is 7.15. The zero-order chi connectivity index (χ0) is 13.3. The van der Waals surface area contributed by atoms with Crippen LogP contribution in [-0.2, 0) is 16.6 Å². The van der Waals surface area contributed by atoms with E-state index >= 15 is 0 Å². The maximum absolute atomic E-state index is 12.3. The van der Waals surface area contributed by atoms with Crippen molar-refractivity contribution in [3.63, 3.8) is 0 Å². The lowest BCUT2D eigenvalue weighted by atomic mass is 9.94. The molecule has 0 radical (unpaired) electrons. The lowest BCUT2D eigenvalue weighted by Crippen LogP contribution is -2.39. The Bertz CT molecular complexity index is 553. The third-order valence-electron chi connectivity index (χ3n) is 3.23. The minimum Gasteiger partial charge on any atom is -0.326 e. The standard InChI is InChI=1S/C12H17BrN2O2S/c1-8-5-9(7-14)6-11(12(8)13)18(16,17)15-10-3-2-4-10/h5-6,10,15H,2-4,7,14H2,1H3. The summed E-state index contributed by atoms with van der Waals surface area (Å²) >= 11 is 3.35. The number of nitrogens with two attached hydrogens (primary N) is 1. The molecule has 1 aromatic carbocycles.